The average molecular weight is 495 g/mol. The van der Waals surface area contributed by atoms with E-state index in [0.717, 1.165) is 6.54 Å². The van der Waals surface area contributed by atoms with Gasteiger partial charge >= 0.3 is 0 Å². The molecule has 1 heterocycles. The van der Waals surface area contributed by atoms with Crippen molar-refractivity contribution in [3.8, 4) is 0 Å². The molecule has 1 rings (SSSR count). The van der Waals surface area contributed by atoms with Gasteiger partial charge in [0.05, 0.1) is 0 Å². The first-order valence-electron chi connectivity index (χ1n) is 13.5. The molecule has 0 saturated heterocycles. The topological polar surface area (TPSA) is 3.88 Å². The number of hydrogen-bond donors (Lipinski definition) is 0. The van der Waals surface area contributed by atoms with Crippen molar-refractivity contribution in [2.24, 2.45) is 0 Å². The fraction of sp³-hybridized carbons (Fsp3) is 0.759. The highest BCUT2D eigenvalue weighted by atomic mass is 79.9. The van der Waals surface area contributed by atoms with Crippen LogP contribution in [-0.2, 0) is 6.54 Å². The molecule has 0 atom stereocenters. The molecule has 0 bridgehead atoms. The van der Waals surface area contributed by atoms with Crippen LogP contribution in [0.2, 0.25) is 0 Å². The van der Waals surface area contributed by atoms with E-state index in [1.165, 1.54) is 134 Å². The van der Waals surface area contributed by atoms with Gasteiger partial charge in [-0.25, -0.2) is 0 Å². The summed E-state index contributed by atoms with van der Waals surface area (Å²) >= 11 is 0. The average Bonchev–Trinajstić information content (AvgIpc) is 2.78. The van der Waals surface area contributed by atoms with E-state index in [1.54, 1.807) is 0 Å². The summed E-state index contributed by atoms with van der Waals surface area (Å²) in [6.07, 6.45) is 32.9. The summed E-state index contributed by atoms with van der Waals surface area (Å²) < 4.78 is 2.32. The van der Waals surface area contributed by atoms with Gasteiger partial charge in [0.1, 0.15) is 6.54 Å². The van der Waals surface area contributed by atoms with Gasteiger partial charge in [0.15, 0.2) is 6.20 Å². The molecule has 0 aliphatic carbocycles. The summed E-state index contributed by atoms with van der Waals surface area (Å²) in [7, 11) is 0. The quantitative estimate of drug-likeness (QED) is 0.129. The van der Waals surface area contributed by atoms with Crippen LogP contribution in [0.4, 0.5) is 0 Å². The molecule has 1 aromatic heterocycles. The number of nitrogens with zero attached hydrogens (tertiary/aromatic N) is 1. The summed E-state index contributed by atoms with van der Waals surface area (Å²) in [5.41, 5.74) is 1.23. The lowest BCUT2D eigenvalue weighted by Gasteiger charge is -2.04. The van der Waals surface area contributed by atoms with E-state index < -0.39 is 0 Å². The van der Waals surface area contributed by atoms with Crippen LogP contribution >= 0.6 is 0 Å². The minimum atomic E-state index is 0. The molecule has 0 unspecified atom stereocenters. The fourth-order valence-corrected chi connectivity index (χ4v) is 4.42. The van der Waals surface area contributed by atoms with Gasteiger partial charge in [-0.2, -0.15) is 4.57 Å². The number of aromatic nitrogens is 1. The molecule has 0 radical (unpaired) electrons. The zero-order chi connectivity index (χ0) is 21.5. The molecule has 0 fully saturated rings. The predicted octanol–water partition coefficient (Wildman–Crippen LogP) is 6.44. The summed E-state index contributed by atoms with van der Waals surface area (Å²) in [5, 5.41) is 0. The molecule has 0 aliphatic heterocycles. The SMILES string of the molecule is C=Cc1cccc[n+]1CCCCCCCCCCCCCCCCCCCCCC.[Br-]. The van der Waals surface area contributed by atoms with Crippen molar-refractivity contribution >= 4 is 6.08 Å². The van der Waals surface area contributed by atoms with Crippen LogP contribution in [-0.4, -0.2) is 0 Å². The number of hydrogen-bond acceptors (Lipinski definition) is 0. The second-order valence-corrected chi connectivity index (χ2v) is 9.24. The molecule has 2 heteroatoms. The molecule has 180 valence electrons. The normalized spacial score (nSPS) is 10.7. The lowest BCUT2D eigenvalue weighted by atomic mass is 10.0. The fourth-order valence-electron chi connectivity index (χ4n) is 4.42. The zero-order valence-corrected chi connectivity index (χ0v) is 22.4. The summed E-state index contributed by atoms with van der Waals surface area (Å²) in [6.45, 7) is 7.33. The van der Waals surface area contributed by atoms with E-state index in [2.05, 4.69) is 42.5 Å². The van der Waals surface area contributed by atoms with Gasteiger partial charge in [-0.15, -0.1) is 0 Å². The third-order valence-electron chi connectivity index (χ3n) is 6.44. The highest BCUT2D eigenvalue weighted by Gasteiger charge is 2.04. The maximum atomic E-state index is 3.91. The van der Waals surface area contributed by atoms with Crippen molar-refractivity contribution in [3.05, 3.63) is 36.7 Å². The Hall–Kier alpha value is -0.630. The molecule has 0 N–H and O–H groups in total. The van der Waals surface area contributed by atoms with Crippen LogP contribution in [0.1, 0.15) is 141 Å². The van der Waals surface area contributed by atoms with Crippen molar-refractivity contribution in [3.63, 3.8) is 0 Å². The van der Waals surface area contributed by atoms with Crippen LogP contribution in [0.5, 0.6) is 0 Å². The Morgan fingerprint density at radius 3 is 1.39 bits per heavy atom. The Morgan fingerprint density at radius 2 is 1.00 bits per heavy atom. The Labute approximate surface area is 205 Å². The number of rotatable bonds is 22. The lowest BCUT2D eigenvalue weighted by Crippen LogP contribution is -3.00. The van der Waals surface area contributed by atoms with Crippen LogP contribution in [0, 0.1) is 0 Å². The van der Waals surface area contributed by atoms with Gasteiger partial charge in [-0.3, -0.25) is 0 Å². The first-order chi connectivity index (χ1) is 14.9. The minimum Gasteiger partial charge on any atom is -1.00 e. The molecule has 1 aromatic rings. The van der Waals surface area contributed by atoms with Crippen molar-refractivity contribution < 1.29 is 21.5 Å². The van der Waals surface area contributed by atoms with Crippen LogP contribution in [0.3, 0.4) is 0 Å². The number of unbranched alkanes of at least 4 members (excludes halogenated alkanes) is 19. The first kappa shape index (κ1) is 30.4. The number of pyridine rings is 1. The molecular weight excluding hydrogens is 442 g/mol. The Bertz CT molecular complexity index is 499. The van der Waals surface area contributed by atoms with E-state index in [9.17, 15) is 0 Å². The minimum absolute atomic E-state index is 0. The van der Waals surface area contributed by atoms with Gasteiger partial charge in [-0.05, 0) is 12.5 Å². The van der Waals surface area contributed by atoms with Crippen molar-refractivity contribution in [2.75, 3.05) is 0 Å². The van der Waals surface area contributed by atoms with Gasteiger partial charge in [-0.1, -0.05) is 129 Å². The van der Waals surface area contributed by atoms with Gasteiger partial charge in [0.25, 0.3) is 0 Å². The van der Waals surface area contributed by atoms with Crippen LogP contribution in [0.15, 0.2) is 31.0 Å². The van der Waals surface area contributed by atoms with E-state index in [0.29, 0.717) is 0 Å². The lowest BCUT2D eigenvalue weighted by molar-refractivity contribution is -0.699. The molecule has 0 spiro atoms. The summed E-state index contributed by atoms with van der Waals surface area (Å²) in [5.74, 6) is 0. The number of aryl methyl sites for hydroxylation is 1. The molecule has 0 aromatic carbocycles. The van der Waals surface area contributed by atoms with Crippen molar-refractivity contribution in [2.45, 2.75) is 142 Å². The van der Waals surface area contributed by atoms with E-state index in [1.807, 2.05) is 6.08 Å². The standard InChI is InChI=1S/C29H52N.BrH/c1-3-5-6-7-8-9-10-11-12-13-14-15-16-17-18-19-20-21-22-24-27-30-28-25-23-26-29(30)4-2;/h4,23,25-26,28H,2-3,5-22,24,27H2,1H3;1H/q+1;/p-1. The predicted molar refractivity (Wildman–Crippen MR) is 135 cm³/mol. The first-order valence-corrected chi connectivity index (χ1v) is 13.5. The van der Waals surface area contributed by atoms with Crippen LogP contribution in [0.25, 0.3) is 6.08 Å². The van der Waals surface area contributed by atoms with Crippen molar-refractivity contribution in [1.29, 1.82) is 0 Å². The van der Waals surface area contributed by atoms with Crippen molar-refractivity contribution in [1.82, 2.24) is 0 Å². The molecule has 1 nitrogen and oxygen atoms in total. The molecule has 31 heavy (non-hydrogen) atoms. The third kappa shape index (κ3) is 18.6. The van der Waals surface area contributed by atoms with E-state index in [4.69, 9.17) is 0 Å². The molecule has 0 amide bonds. The molecule has 0 saturated carbocycles. The van der Waals surface area contributed by atoms with E-state index >= 15 is 0 Å². The van der Waals surface area contributed by atoms with Gasteiger partial charge < -0.3 is 17.0 Å². The summed E-state index contributed by atoms with van der Waals surface area (Å²) in [4.78, 5) is 0. The maximum absolute atomic E-state index is 3.91. The monoisotopic (exact) mass is 493 g/mol. The highest BCUT2D eigenvalue weighted by molar-refractivity contribution is 5.36. The Kier molecular flexibility index (Phi) is 23.5. The zero-order valence-electron chi connectivity index (χ0n) is 20.8. The van der Waals surface area contributed by atoms with Gasteiger partial charge in [0, 0.05) is 24.6 Å². The highest BCUT2D eigenvalue weighted by Crippen LogP contribution is 2.14. The summed E-state index contributed by atoms with van der Waals surface area (Å²) in [6, 6.07) is 6.34. The van der Waals surface area contributed by atoms with Gasteiger partial charge in [0.2, 0.25) is 5.69 Å². The second kappa shape index (κ2) is 24.0. The van der Waals surface area contributed by atoms with E-state index in [-0.39, 0.29) is 17.0 Å². The van der Waals surface area contributed by atoms with Crippen LogP contribution < -0.4 is 21.5 Å². The largest absolute Gasteiger partial charge is 1.00 e. The third-order valence-corrected chi connectivity index (χ3v) is 6.44. The molecular formula is C29H52BrN. The maximum Gasteiger partial charge on any atom is 0.204 e. The molecule has 0 aliphatic rings. The number of halogens is 1. The Balaban J connectivity index is 0.00000900. The second-order valence-electron chi connectivity index (χ2n) is 9.24. The Morgan fingerprint density at radius 1 is 0.613 bits per heavy atom. The smallest absolute Gasteiger partial charge is 0.204 e.